The van der Waals surface area contributed by atoms with Gasteiger partial charge in [-0.25, -0.2) is 4.68 Å². The SMILES string of the molecule is Cc1ccc(-c2nn(-c3ccccc3)cc2C(=O)NCC(=O)N2CCCC2)cc1C. The van der Waals surface area contributed by atoms with Crippen molar-refractivity contribution in [2.45, 2.75) is 26.7 Å². The van der Waals surface area contributed by atoms with Crippen LogP contribution in [0.4, 0.5) is 0 Å². The number of aryl methyl sites for hydroxylation is 2. The van der Waals surface area contributed by atoms with E-state index in [1.807, 2.05) is 55.5 Å². The second-order valence-electron chi connectivity index (χ2n) is 7.74. The smallest absolute Gasteiger partial charge is 0.255 e. The molecule has 3 aromatic rings. The van der Waals surface area contributed by atoms with E-state index in [2.05, 4.69) is 12.2 Å². The van der Waals surface area contributed by atoms with E-state index in [1.165, 1.54) is 5.56 Å². The van der Waals surface area contributed by atoms with Gasteiger partial charge in [0.1, 0.15) is 5.69 Å². The Balaban J connectivity index is 1.64. The number of rotatable bonds is 5. The van der Waals surface area contributed by atoms with Crippen LogP contribution in [-0.2, 0) is 4.79 Å². The van der Waals surface area contributed by atoms with E-state index in [9.17, 15) is 9.59 Å². The Bertz CT molecular complexity index is 1070. The van der Waals surface area contributed by atoms with Crippen LogP contribution in [0.2, 0.25) is 0 Å². The van der Waals surface area contributed by atoms with Crippen LogP contribution >= 0.6 is 0 Å². The summed E-state index contributed by atoms with van der Waals surface area (Å²) in [6, 6.07) is 15.7. The largest absolute Gasteiger partial charge is 0.343 e. The zero-order valence-electron chi connectivity index (χ0n) is 17.4. The lowest BCUT2D eigenvalue weighted by Gasteiger charge is -2.15. The number of nitrogens with one attached hydrogen (secondary N) is 1. The van der Waals surface area contributed by atoms with Crippen molar-refractivity contribution in [2.24, 2.45) is 0 Å². The van der Waals surface area contributed by atoms with Crippen molar-refractivity contribution in [3.8, 4) is 16.9 Å². The van der Waals surface area contributed by atoms with Crippen LogP contribution in [0, 0.1) is 13.8 Å². The van der Waals surface area contributed by atoms with E-state index >= 15 is 0 Å². The van der Waals surface area contributed by atoms with Gasteiger partial charge < -0.3 is 10.2 Å². The number of nitrogens with zero attached hydrogens (tertiary/aromatic N) is 3. The van der Waals surface area contributed by atoms with Gasteiger partial charge in [0.2, 0.25) is 5.91 Å². The minimum absolute atomic E-state index is 0.00170. The molecule has 2 heterocycles. The summed E-state index contributed by atoms with van der Waals surface area (Å²) in [6.07, 6.45) is 3.79. The minimum atomic E-state index is -0.294. The number of carbonyl (C=O) groups excluding carboxylic acids is 2. The molecule has 0 spiro atoms. The van der Waals surface area contributed by atoms with Crippen LogP contribution in [0.25, 0.3) is 16.9 Å². The molecule has 6 nitrogen and oxygen atoms in total. The Morgan fingerprint density at radius 2 is 1.73 bits per heavy atom. The van der Waals surface area contributed by atoms with Gasteiger partial charge in [-0.2, -0.15) is 5.10 Å². The molecule has 6 heteroatoms. The van der Waals surface area contributed by atoms with E-state index < -0.39 is 0 Å². The summed E-state index contributed by atoms with van der Waals surface area (Å²) in [5, 5.41) is 7.50. The summed E-state index contributed by atoms with van der Waals surface area (Å²) in [5.41, 5.74) is 5.13. The standard InChI is InChI=1S/C24H26N4O2/c1-17-10-11-19(14-18(17)2)23-21(16-28(26-23)20-8-4-3-5-9-20)24(30)25-15-22(29)27-12-6-7-13-27/h3-5,8-11,14,16H,6-7,12-13,15H2,1-2H3,(H,25,30). The lowest BCUT2D eigenvalue weighted by Crippen LogP contribution is -2.38. The van der Waals surface area contributed by atoms with Gasteiger partial charge in [-0.3, -0.25) is 9.59 Å². The summed E-state index contributed by atoms with van der Waals surface area (Å²) in [4.78, 5) is 27.2. The van der Waals surface area contributed by atoms with Crippen molar-refractivity contribution < 1.29 is 9.59 Å². The van der Waals surface area contributed by atoms with Gasteiger partial charge in [0, 0.05) is 24.8 Å². The molecule has 1 saturated heterocycles. The van der Waals surface area contributed by atoms with Gasteiger partial charge >= 0.3 is 0 Å². The highest BCUT2D eigenvalue weighted by Gasteiger charge is 2.22. The summed E-state index contributed by atoms with van der Waals surface area (Å²) in [7, 11) is 0. The number of aromatic nitrogens is 2. The maximum absolute atomic E-state index is 13.0. The van der Waals surface area contributed by atoms with Gasteiger partial charge in [0.05, 0.1) is 17.8 Å². The Kier molecular flexibility index (Phi) is 5.65. The first-order valence-electron chi connectivity index (χ1n) is 10.3. The normalized spacial score (nSPS) is 13.5. The molecule has 1 aliphatic rings. The fourth-order valence-electron chi connectivity index (χ4n) is 3.68. The number of hydrogen-bond donors (Lipinski definition) is 1. The minimum Gasteiger partial charge on any atom is -0.343 e. The number of para-hydroxylation sites is 1. The van der Waals surface area contributed by atoms with Crippen LogP contribution in [0.3, 0.4) is 0 Å². The van der Waals surface area contributed by atoms with Crippen molar-refractivity contribution in [1.82, 2.24) is 20.0 Å². The topological polar surface area (TPSA) is 67.2 Å². The third-order valence-corrected chi connectivity index (χ3v) is 5.62. The molecule has 154 valence electrons. The Morgan fingerprint density at radius 1 is 1.00 bits per heavy atom. The van der Waals surface area contributed by atoms with E-state index in [4.69, 9.17) is 5.10 Å². The Hall–Kier alpha value is -3.41. The fourth-order valence-corrected chi connectivity index (χ4v) is 3.68. The number of amides is 2. The molecule has 0 saturated carbocycles. The maximum Gasteiger partial charge on any atom is 0.255 e. The predicted molar refractivity (Wildman–Crippen MR) is 117 cm³/mol. The zero-order valence-corrected chi connectivity index (χ0v) is 17.4. The molecule has 0 aliphatic carbocycles. The second-order valence-corrected chi connectivity index (χ2v) is 7.74. The van der Waals surface area contributed by atoms with E-state index in [1.54, 1.807) is 15.8 Å². The molecule has 2 aromatic carbocycles. The highest BCUT2D eigenvalue weighted by atomic mass is 16.2. The number of carbonyl (C=O) groups is 2. The van der Waals surface area contributed by atoms with E-state index in [-0.39, 0.29) is 18.4 Å². The van der Waals surface area contributed by atoms with Gasteiger partial charge in [-0.1, -0.05) is 30.3 Å². The molecule has 1 fully saturated rings. The van der Waals surface area contributed by atoms with Crippen LogP contribution in [-0.4, -0.2) is 46.1 Å². The molecule has 0 unspecified atom stereocenters. The molecule has 4 rings (SSSR count). The predicted octanol–water partition coefficient (Wildman–Crippen LogP) is 3.51. The fraction of sp³-hybridized carbons (Fsp3) is 0.292. The number of hydrogen-bond acceptors (Lipinski definition) is 3. The van der Waals surface area contributed by atoms with Crippen LogP contribution in [0.15, 0.2) is 54.7 Å². The molecule has 1 aromatic heterocycles. The number of likely N-dealkylation sites (tertiary alicyclic amines) is 1. The quantitative estimate of drug-likeness (QED) is 0.710. The van der Waals surface area contributed by atoms with Crippen molar-refractivity contribution in [1.29, 1.82) is 0 Å². The third kappa shape index (κ3) is 4.13. The molecule has 0 radical (unpaired) electrons. The molecule has 2 amide bonds. The van der Waals surface area contributed by atoms with Crippen LogP contribution < -0.4 is 5.32 Å². The third-order valence-electron chi connectivity index (χ3n) is 5.62. The van der Waals surface area contributed by atoms with Crippen molar-refractivity contribution in [3.63, 3.8) is 0 Å². The molecule has 0 atom stereocenters. The lowest BCUT2D eigenvalue weighted by atomic mass is 10.0. The summed E-state index contributed by atoms with van der Waals surface area (Å²) >= 11 is 0. The first kappa shape index (κ1) is 19.9. The van der Waals surface area contributed by atoms with Gasteiger partial charge in [-0.15, -0.1) is 0 Å². The summed E-state index contributed by atoms with van der Waals surface area (Å²) in [5.74, 6) is -0.331. The first-order chi connectivity index (χ1) is 14.5. The summed E-state index contributed by atoms with van der Waals surface area (Å²) < 4.78 is 1.71. The Morgan fingerprint density at radius 3 is 2.43 bits per heavy atom. The van der Waals surface area contributed by atoms with Crippen LogP contribution in [0.5, 0.6) is 0 Å². The van der Waals surface area contributed by atoms with Crippen molar-refractivity contribution >= 4 is 11.8 Å². The monoisotopic (exact) mass is 402 g/mol. The van der Waals surface area contributed by atoms with Crippen LogP contribution in [0.1, 0.15) is 34.3 Å². The van der Waals surface area contributed by atoms with Crippen molar-refractivity contribution in [3.05, 3.63) is 71.4 Å². The van der Waals surface area contributed by atoms with Gasteiger partial charge in [-0.05, 0) is 56.0 Å². The van der Waals surface area contributed by atoms with Crippen molar-refractivity contribution in [2.75, 3.05) is 19.6 Å². The van der Waals surface area contributed by atoms with E-state index in [0.29, 0.717) is 11.3 Å². The zero-order chi connectivity index (χ0) is 21.1. The molecular weight excluding hydrogens is 376 g/mol. The maximum atomic E-state index is 13.0. The average molecular weight is 402 g/mol. The second kappa shape index (κ2) is 8.53. The summed E-state index contributed by atoms with van der Waals surface area (Å²) in [6.45, 7) is 5.64. The first-order valence-corrected chi connectivity index (χ1v) is 10.3. The number of benzene rings is 2. The molecule has 0 bridgehead atoms. The lowest BCUT2D eigenvalue weighted by molar-refractivity contribution is -0.129. The molecular formula is C24H26N4O2. The molecule has 1 N–H and O–H groups in total. The average Bonchev–Trinajstić information content (AvgIpc) is 3.45. The Labute approximate surface area is 176 Å². The van der Waals surface area contributed by atoms with Gasteiger partial charge in [0.25, 0.3) is 5.91 Å². The molecule has 30 heavy (non-hydrogen) atoms. The molecule has 1 aliphatic heterocycles. The highest BCUT2D eigenvalue weighted by molar-refractivity contribution is 6.01. The highest BCUT2D eigenvalue weighted by Crippen LogP contribution is 2.26. The van der Waals surface area contributed by atoms with E-state index in [0.717, 1.165) is 42.7 Å². The van der Waals surface area contributed by atoms with Gasteiger partial charge in [0.15, 0.2) is 0 Å².